The highest BCUT2D eigenvalue weighted by atomic mass is 35.5. The first-order valence-corrected chi connectivity index (χ1v) is 8.57. The van der Waals surface area contributed by atoms with Crippen molar-refractivity contribution in [3.63, 3.8) is 0 Å². The lowest BCUT2D eigenvalue weighted by atomic mass is 10.2. The maximum absolute atomic E-state index is 12.7. The first-order valence-electron chi connectivity index (χ1n) is 7.38. The lowest BCUT2D eigenvalue weighted by Crippen LogP contribution is -2.24. The molecule has 24 heavy (non-hydrogen) atoms. The highest BCUT2D eigenvalue weighted by Crippen LogP contribution is 2.30. The first kappa shape index (κ1) is 15.1. The second-order valence-corrected chi connectivity index (χ2v) is 6.84. The van der Waals surface area contributed by atoms with Crippen LogP contribution in [0.25, 0.3) is 20.7 Å². The Bertz CT molecular complexity index is 1070. The van der Waals surface area contributed by atoms with Crippen molar-refractivity contribution in [1.29, 1.82) is 0 Å². The second kappa shape index (κ2) is 6.19. The minimum Gasteiger partial charge on any atom is -0.267 e. The van der Waals surface area contributed by atoms with E-state index in [1.54, 1.807) is 6.07 Å². The van der Waals surface area contributed by atoms with Crippen molar-refractivity contribution in [2.45, 2.75) is 6.54 Å². The zero-order valence-corrected chi connectivity index (χ0v) is 14.1. The fourth-order valence-electron chi connectivity index (χ4n) is 2.54. The number of thiophene rings is 1. The molecule has 0 aliphatic carbocycles. The maximum atomic E-state index is 12.7. The van der Waals surface area contributed by atoms with Gasteiger partial charge in [-0.2, -0.15) is 0 Å². The van der Waals surface area contributed by atoms with Crippen LogP contribution >= 0.6 is 22.9 Å². The van der Waals surface area contributed by atoms with Crippen molar-refractivity contribution >= 4 is 33.2 Å². The first-order chi connectivity index (χ1) is 11.7. The molecule has 0 radical (unpaired) electrons. The number of hydrogen-bond donors (Lipinski definition) is 0. The summed E-state index contributed by atoms with van der Waals surface area (Å²) in [7, 11) is 0. The highest BCUT2D eigenvalue weighted by molar-refractivity contribution is 7.21. The highest BCUT2D eigenvalue weighted by Gasteiger charge is 2.11. The molecule has 2 heterocycles. The van der Waals surface area contributed by atoms with E-state index in [4.69, 9.17) is 11.6 Å². The van der Waals surface area contributed by atoms with Crippen LogP contribution in [0.4, 0.5) is 0 Å². The number of hydrogen-bond acceptors (Lipinski definition) is 4. The van der Waals surface area contributed by atoms with E-state index in [0.29, 0.717) is 21.8 Å². The summed E-state index contributed by atoms with van der Waals surface area (Å²) in [4.78, 5) is 14.4. The molecule has 2 aromatic carbocycles. The predicted molar refractivity (Wildman–Crippen MR) is 97.7 cm³/mol. The molecule has 4 nitrogen and oxygen atoms in total. The summed E-state index contributed by atoms with van der Waals surface area (Å²) in [5.41, 5.74) is 1.84. The van der Waals surface area contributed by atoms with E-state index in [1.807, 2.05) is 54.6 Å². The average molecular weight is 354 g/mol. The molecule has 0 atom stereocenters. The summed E-state index contributed by atoms with van der Waals surface area (Å²) >= 11 is 7.47. The van der Waals surface area contributed by atoms with Crippen LogP contribution in [0, 0.1) is 0 Å². The third-order valence-electron chi connectivity index (χ3n) is 3.70. The molecule has 4 aromatic rings. The molecule has 2 aromatic heterocycles. The monoisotopic (exact) mass is 353 g/mol. The van der Waals surface area contributed by atoms with Crippen LogP contribution < -0.4 is 5.56 Å². The molecule has 6 heteroatoms. The van der Waals surface area contributed by atoms with E-state index in [0.717, 1.165) is 16.0 Å². The quantitative estimate of drug-likeness (QED) is 0.554. The van der Waals surface area contributed by atoms with Gasteiger partial charge in [-0.05, 0) is 29.3 Å². The van der Waals surface area contributed by atoms with Gasteiger partial charge >= 0.3 is 0 Å². The smallest absolute Gasteiger partial charge is 0.267 e. The van der Waals surface area contributed by atoms with Gasteiger partial charge in [0.1, 0.15) is 0 Å². The zero-order chi connectivity index (χ0) is 16.5. The Morgan fingerprint density at radius 3 is 2.67 bits per heavy atom. The van der Waals surface area contributed by atoms with E-state index in [1.165, 1.54) is 16.0 Å². The van der Waals surface area contributed by atoms with E-state index in [9.17, 15) is 4.79 Å². The Labute approximate surface area is 147 Å². The molecule has 0 unspecified atom stereocenters. The topological polar surface area (TPSA) is 47.8 Å². The van der Waals surface area contributed by atoms with E-state index in [-0.39, 0.29) is 5.56 Å². The molecule has 4 rings (SSSR count). The van der Waals surface area contributed by atoms with Crippen LogP contribution in [0.3, 0.4) is 0 Å². The molecule has 0 bridgehead atoms. The summed E-state index contributed by atoms with van der Waals surface area (Å²) in [5.74, 6) is 0. The van der Waals surface area contributed by atoms with Crippen molar-refractivity contribution in [2.75, 3.05) is 0 Å². The summed E-state index contributed by atoms with van der Waals surface area (Å²) in [6.45, 7) is 0.346. The van der Waals surface area contributed by atoms with Crippen LogP contribution in [0.1, 0.15) is 5.56 Å². The Balaban J connectivity index is 1.76. The Kier molecular flexibility index (Phi) is 3.88. The van der Waals surface area contributed by atoms with Crippen molar-refractivity contribution in [2.24, 2.45) is 0 Å². The molecular formula is C18H12ClN3OS. The molecule has 0 aliphatic heterocycles. The number of fused-ring (bicyclic) bond motifs is 1. The standard InChI is InChI=1S/C18H12ClN3OS/c19-14-8-4-5-12(9-14)11-22-18(23)15-10-16(24-17(15)20-21-22)13-6-2-1-3-7-13/h1-10H,11H2. The van der Waals surface area contributed by atoms with Gasteiger partial charge in [0.15, 0.2) is 4.83 Å². The zero-order valence-electron chi connectivity index (χ0n) is 12.5. The lowest BCUT2D eigenvalue weighted by molar-refractivity contribution is 0.602. The largest absolute Gasteiger partial charge is 0.278 e. The van der Waals surface area contributed by atoms with Gasteiger partial charge in [0, 0.05) is 9.90 Å². The normalized spacial score (nSPS) is 11.0. The molecule has 0 amide bonds. The molecule has 0 fully saturated rings. The Morgan fingerprint density at radius 2 is 1.88 bits per heavy atom. The van der Waals surface area contributed by atoms with Crippen molar-refractivity contribution < 1.29 is 0 Å². The average Bonchev–Trinajstić information content (AvgIpc) is 3.03. The van der Waals surface area contributed by atoms with Gasteiger partial charge in [-0.15, -0.1) is 16.4 Å². The number of rotatable bonds is 3. The second-order valence-electron chi connectivity index (χ2n) is 5.38. The minimum absolute atomic E-state index is 0.140. The number of halogens is 1. The van der Waals surface area contributed by atoms with Crippen molar-refractivity contribution in [3.05, 3.63) is 81.6 Å². The van der Waals surface area contributed by atoms with Crippen LogP contribution in [0.5, 0.6) is 0 Å². The van der Waals surface area contributed by atoms with Crippen LogP contribution in [0.15, 0.2) is 65.5 Å². The van der Waals surface area contributed by atoms with Crippen LogP contribution in [0.2, 0.25) is 5.02 Å². The lowest BCUT2D eigenvalue weighted by Gasteiger charge is -2.03. The molecular weight excluding hydrogens is 342 g/mol. The van der Waals surface area contributed by atoms with Gasteiger partial charge in [-0.1, -0.05) is 59.3 Å². The number of benzene rings is 2. The fourth-order valence-corrected chi connectivity index (χ4v) is 3.72. The fraction of sp³-hybridized carbons (Fsp3) is 0.0556. The SMILES string of the molecule is O=c1c2cc(-c3ccccc3)sc2nnn1Cc1cccc(Cl)c1. The summed E-state index contributed by atoms with van der Waals surface area (Å²) in [5, 5.41) is 9.49. The van der Waals surface area contributed by atoms with E-state index < -0.39 is 0 Å². The molecule has 118 valence electrons. The summed E-state index contributed by atoms with van der Waals surface area (Å²) in [6, 6.07) is 19.2. The predicted octanol–water partition coefficient (Wildman–Crippen LogP) is 4.22. The van der Waals surface area contributed by atoms with Crippen molar-refractivity contribution in [3.8, 4) is 10.4 Å². The molecule has 0 saturated heterocycles. The van der Waals surface area contributed by atoms with Crippen LogP contribution in [-0.4, -0.2) is 15.0 Å². The Hall–Kier alpha value is -2.50. The summed E-state index contributed by atoms with van der Waals surface area (Å²) in [6.07, 6.45) is 0. The molecule has 0 N–H and O–H groups in total. The number of aromatic nitrogens is 3. The molecule has 0 saturated carbocycles. The van der Waals surface area contributed by atoms with Gasteiger partial charge in [0.2, 0.25) is 0 Å². The Morgan fingerprint density at radius 1 is 1.04 bits per heavy atom. The van der Waals surface area contributed by atoms with E-state index in [2.05, 4.69) is 10.3 Å². The van der Waals surface area contributed by atoms with Gasteiger partial charge in [0.05, 0.1) is 11.9 Å². The van der Waals surface area contributed by atoms with Gasteiger partial charge in [0.25, 0.3) is 5.56 Å². The third kappa shape index (κ3) is 2.84. The van der Waals surface area contributed by atoms with E-state index >= 15 is 0 Å². The molecule has 0 spiro atoms. The maximum Gasteiger partial charge on any atom is 0.278 e. The van der Waals surface area contributed by atoms with Crippen LogP contribution in [-0.2, 0) is 6.54 Å². The van der Waals surface area contributed by atoms with Gasteiger partial charge < -0.3 is 0 Å². The minimum atomic E-state index is -0.140. The van der Waals surface area contributed by atoms with Gasteiger partial charge in [-0.25, -0.2) is 4.68 Å². The van der Waals surface area contributed by atoms with Gasteiger partial charge in [-0.3, -0.25) is 4.79 Å². The number of nitrogens with zero attached hydrogens (tertiary/aromatic N) is 3. The third-order valence-corrected chi connectivity index (χ3v) is 5.00. The molecule has 0 aliphatic rings. The van der Waals surface area contributed by atoms with Crippen molar-refractivity contribution in [1.82, 2.24) is 15.0 Å². The summed E-state index contributed by atoms with van der Waals surface area (Å²) < 4.78 is 1.37.